The van der Waals surface area contributed by atoms with Gasteiger partial charge in [-0.1, -0.05) is 0 Å². The zero-order valence-corrected chi connectivity index (χ0v) is 16.7. The van der Waals surface area contributed by atoms with Gasteiger partial charge in [-0.05, 0) is 62.4 Å². The number of nitrogens with one attached hydrogen (secondary N) is 1. The van der Waals surface area contributed by atoms with Crippen molar-refractivity contribution in [2.24, 2.45) is 0 Å². The number of benzene rings is 1. The molecule has 1 saturated carbocycles. The summed E-state index contributed by atoms with van der Waals surface area (Å²) >= 11 is 0. The van der Waals surface area contributed by atoms with Crippen LogP contribution < -0.4 is 10.1 Å². The average molecular weight is 436 g/mol. The standard InChI is InChI=1S/C21H23F3N4O3/c22-21(23,24)31-16-6-2-14(3-7-16)18(29)28-12-1-9-20(30,10-13-28)17-8-11-25-19(27-17)26-15-4-5-15/h2-3,6-8,11,15,30H,1,4-5,9-10,12-13H2,(H,25,26,27). The molecule has 166 valence electrons. The first-order chi connectivity index (χ1) is 14.7. The lowest BCUT2D eigenvalue weighted by molar-refractivity contribution is -0.274. The van der Waals surface area contributed by atoms with E-state index in [4.69, 9.17) is 0 Å². The zero-order valence-electron chi connectivity index (χ0n) is 16.7. The molecule has 2 aromatic rings. The summed E-state index contributed by atoms with van der Waals surface area (Å²) in [4.78, 5) is 23.1. The van der Waals surface area contributed by atoms with E-state index in [1.165, 1.54) is 12.1 Å². The SMILES string of the molecule is O=C(c1ccc(OC(F)(F)F)cc1)N1CCCC(O)(c2ccnc(NC3CC3)n2)CC1. The van der Waals surface area contributed by atoms with Crippen LogP contribution in [0.4, 0.5) is 19.1 Å². The van der Waals surface area contributed by atoms with E-state index in [1.54, 1.807) is 17.2 Å². The molecule has 1 aromatic carbocycles. The monoisotopic (exact) mass is 436 g/mol. The number of nitrogens with zero attached hydrogens (tertiary/aromatic N) is 3. The van der Waals surface area contributed by atoms with Crippen LogP contribution in [0.25, 0.3) is 0 Å². The van der Waals surface area contributed by atoms with Crippen LogP contribution >= 0.6 is 0 Å². The summed E-state index contributed by atoms with van der Waals surface area (Å²) in [5.74, 6) is -0.193. The molecule has 31 heavy (non-hydrogen) atoms. The molecule has 2 N–H and O–H groups in total. The Hall–Kier alpha value is -2.88. The van der Waals surface area contributed by atoms with E-state index >= 15 is 0 Å². The van der Waals surface area contributed by atoms with Crippen molar-refractivity contribution in [3.8, 4) is 5.75 Å². The number of hydrogen-bond donors (Lipinski definition) is 2. The van der Waals surface area contributed by atoms with Gasteiger partial charge in [0.05, 0.1) is 5.69 Å². The van der Waals surface area contributed by atoms with Crippen LogP contribution in [0.3, 0.4) is 0 Å². The second-order valence-corrected chi connectivity index (χ2v) is 7.93. The highest BCUT2D eigenvalue weighted by Crippen LogP contribution is 2.33. The zero-order chi connectivity index (χ0) is 22.1. The number of hydrogen-bond acceptors (Lipinski definition) is 6. The number of aromatic nitrogens is 2. The molecule has 4 rings (SSSR count). The largest absolute Gasteiger partial charge is 0.573 e. The summed E-state index contributed by atoms with van der Waals surface area (Å²) in [7, 11) is 0. The molecule has 0 bridgehead atoms. The molecule has 1 atom stereocenters. The molecule has 2 fully saturated rings. The van der Waals surface area contributed by atoms with E-state index in [0.717, 1.165) is 25.0 Å². The first-order valence-corrected chi connectivity index (χ1v) is 10.2. The second-order valence-electron chi connectivity index (χ2n) is 7.93. The van der Waals surface area contributed by atoms with Crippen molar-refractivity contribution < 1.29 is 27.8 Å². The van der Waals surface area contributed by atoms with Crippen molar-refractivity contribution in [1.29, 1.82) is 0 Å². The number of halogens is 3. The number of amides is 1. The van der Waals surface area contributed by atoms with Gasteiger partial charge in [0.2, 0.25) is 5.95 Å². The fourth-order valence-electron chi connectivity index (χ4n) is 3.66. The number of ether oxygens (including phenoxy) is 1. The van der Waals surface area contributed by atoms with Gasteiger partial charge < -0.3 is 20.1 Å². The number of rotatable bonds is 5. The summed E-state index contributed by atoms with van der Waals surface area (Å²) in [6.07, 6.45) is 0.297. The third-order valence-corrected chi connectivity index (χ3v) is 5.48. The summed E-state index contributed by atoms with van der Waals surface area (Å²) in [5, 5.41) is 14.4. The van der Waals surface area contributed by atoms with Crippen molar-refractivity contribution in [2.45, 2.75) is 50.1 Å². The van der Waals surface area contributed by atoms with Gasteiger partial charge in [0, 0.05) is 30.9 Å². The minimum Gasteiger partial charge on any atom is -0.406 e. The van der Waals surface area contributed by atoms with E-state index in [1.807, 2.05) is 0 Å². The van der Waals surface area contributed by atoms with E-state index < -0.39 is 12.0 Å². The maximum Gasteiger partial charge on any atom is 0.573 e. The van der Waals surface area contributed by atoms with Crippen LogP contribution in [0.2, 0.25) is 0 Å². The quantitative estimate of drug-likeness (QED) is 0.747. The molecule has 1 aliphatic carbocycles. The van der Waals surface area contributed by atoms with Gasteiger partial charge in [-0.2, -0.15) is 0 Å². The van der Waals surface area contributed by atoms with Crippen LogP contribution in [0.5, 0.6) is 5.75 Å². The topological polar surface area (TPSA) is 87.6 Å². The van der Waals surface area contributed by atoms with Crippen molar-refractivity contribution in [1.82, 2.24) is 14.9 Å². The summed E-state index contributed by atoms with van der Waals surface area (Å²) in [6.45, 7) is 0.728. The third kappa shape index (κ3) is 5.43. The van der Waals surface area contributed by atoms with Crippen molar-refractivity contribution in [3.63, 3.8) is 0 Å². The highest BCUT2D eigenvalue weighted by Gasteiger charge is 2.35. The van der Waals surface area contributed by atoms with Gasteiger partial charge in [0.15, 0.2) is 0 Å². The molecule has 1 amide bonds. The summed E-state index contributed by atoms with van der Waals surface area (Å²) in [6, 6.07) is 6.92. The Kier molecular flexibility index (Phi) is 5.74. The minimum atomic E-state index is -4.78. The number of carbonyl (C=O) groups is 1. The molecule has 7 nitrogen and oxygen atoms in total. The number of aliphatic hydroxyl groups is 1. The molecule has 1 aromatic heterocycles. The van der Waals surface area contributed by atoms with Gasteiger partial charge in [0.1, 0.15) is 11.4 Å². The lowest BCUT2D eigenvalue weighted by Gasteiger charge is -2.26. The fourth-order valence-corrected chi connectivity index (χ4v) is 3.66. The first-order valence-electron chi connectivity index (χ1n) is 10.2. The molecule has 0 spiro atoms. The van der Waals surface area contributed by atoms with E-state index in [-0.39, 0.29) is 17.2 Å². The predicted molar refractivity (Wildman–Crippen MR) is 105 cm³/mol. The van der Waals surface area contributed by atoms with Crippen LogP contribution in [0.1, 0.15) is 48.2 Å². The van der Waals surface area contributed by atoms with E-state index in [0.29, 0.717) is 50.0 Å². The van der Waals surface area contributed by atoms with Gasteiger partial charge in [-0.3, -0.25) is 4.79 Å². The molecular formula is C21H23F3N4O3. The molecule has 1 aliphatic heterocycles. The Morgan fingerprint density at radius 2 is 1.90 bits per heavy atom. The van der Waals surface area contributed by atoms with Gasteiger partial charge in [-0.25, -0.2) is 9.97 Å². The van der Waals surface area contributed by atoms with Crippen molar-refractivity contribution in [2.75, 3.05) is 18.4 Å². The van der Waals surface area contributed by atoms with Crippen LogP contribution in [0, 0.1) is 0 Å². The fraction of sp³-hybridized carbons (Fsp3) is 0.476. The second kappa shape index (κ2) is 8.33. The van der Waals surface area contributed by atoms with Crippen molar-refractivity contribution in [3.05, 3.63) is 47.8 Å². The number of alkyl halides is 3. The minimum absolute atomic E-state index is 0.262. The van der Waals surface area contributed by atoms with Gasteiger partial charge in [-0.15, -0.1) is 13.2 Å². The predicted octanol–water partition coefficient (Wildman–Crippen LogP) is 3.46. The maximum absolute atomic E-state index is 12.8. The summed E-state index contributed by atoms with van der Waals surface area (Å²) < 4.78 is 40.8. The molecule has 1 unspecified atom stereocenters. The normalized spacial score (nSPS) is 22.0. The number of carbonyl (C=O) groups excluding carboxylic acids is 1. The lowest BCUT2D eigenvalue weighted by Crippen LogP contribution is -2.34. The highest BCUT2D eigenvalue weighted by molar-refractivity contribution is 5.94. The molecular weight excluding hydrogens is 413 g/mol. The van der Waals surface area contributed by atoms with E-state index in [2.05, 4.69) is 20.0 Å². The Labute approximate surface area is 177 Å². The Balaban J connectivity index is 1.42. The number of anilines is 1. The Morgan fingerprint density at radius 1 is 1.16 bits per heavy atom. The van der Waals surface area contributed by atoms with Gasteiger partial charge >= 0.3 is 6.36 Å². The average Bonchev–Trinajstić information content (AvgIpc) is 3.55. The Bertz CT molecular complexity index is 934. The lowest BCUT2D eigenvalue weighted by atomic mass is 9.91. The summed E-state index contributed by atoms with van der Waals surface area (Å²) in [5.41, 5.74) is -0.394. The van der Waals surface area contributed by atoms with Crippen LogP contribution in [-0.4, -0.2) is 51.4 Å². The highest BCUT2D eigenvalue weighted by atomic mass is 19.4. The molecule has 10 heteroatoms. The Morgan fingerprint density at radius 3 is 2.58 bits per heavy atom. The smallest absolute Gasteiger partial charge is 0.406 e. The molecule has 0 radical (unpaired) electrons. The maximum atomic E-state index is 12.8. The van der Waals surface area contributed by atoms with E-state index in [9.17, 15) is 23.1 Å². The first kappa shape index (κ1) is 21.4. The number of likely N-dealkylation sites (tertiary alicyclic amines) is 1. The third-order valence-electron chi connectivity index (χ3n) is 5.48. The van der Waals surface area contributed by atoms with Crippen molar-refractivity contribution >= 4 is 11.9 Å². The molecule has 1 saturated heterocycles. The van der Waals surface area contributed by atoms with Gasteiger partial charge in [0.25, 0.3) is 5.91 Å². The molecule has 2 aliphatic rings. The molecule has 2 heterocycles. The van der Waals surface area contributed by atoms with Crippen LogP contribution in [0.15, 0.2) is 36.5 Å². The van der Waals surface area contributed by atoms with Crippen LogP contribution in [-0.2, 0) is 5.60 Å².